The molecular weight excluding hydrogens is 234 g/mol. The highest BCUT2D eigenvalue weighted by Crippen LogP contribution is 2.27. The Morgan fingerprint density at radius 3 is 2.37 bits per heavy atom. The highest BCUT2D eigenvalue weighted by Gasteiger charge is 2.21. The number of rotatable bonds is 3. The molecule has 1 N–H and O–H groups in total. The van der Waals surface area contributed by atoms with Gasteiger partial charge in [0.15, 0.2) is 0 Å². The molecule has 98 valence electrons. The normalized spacial score (nSPS) is 14.5. The summed E-state index contributed by atoms with van der Waals surface area (Å²) in [4.78, 5) is 0. The molecule has 0 unspecified atom stereocenters. The predicted octanol–water partition coefficient (Wildman–Crippen LogP) is 3.64. The number of aryl methyl sites for hydroxylation is 1. The van der Waals surface area contributed by atoms with Crippen LogP contribution in [0.15, 0.2) is 24.3 Å². The lowest BCUT2D eigenvalue weighted by molar-refractivity contribution is 1.00. The molecule has 3 rings (SSSR count). The SMILES string of the molecule is Cc1ccc(-c2ccc(NC3CC3)nn2)c(C)c1C. The molecule has 1 heterocycles. The minimum Gasteiger partial charge on any atom is -0.366 e. The second-order valence-electron chi connectivity index (χ2n) is 5.40. The van der Waals surface area contributed by atoms with E-state index in [1.165, 1.54) is 35.1 Å². The molecule has 0 amide bonds. The molecule has 0 atom stereocenters. The summed E-state index contributed by atoms with van der Waals surface area (Å²) in [5.74, 6) is 0.882. The van der Waals surface area contributed by atoms with E-state index in [0.29, 0.717) is 6.04 Å². The average Bonchev–Trinajstić information content (AvgIpc) is 3.22. The van der Waals surface area contributed by atoms with E-state index < -0.39 is 0 Å². The van der Waals surface area contributed by atoms with Crippen molar-refractivity contribution < 1.29 is 0 Å². The molecule has 2 aromatic rings. The molecule has 1 aromatic carbocycles. The van der Waals surface area contributed by atoms with Crippen LogP contribution in [0.1, 0.15) is 29.5 Å². The van der Waals surface area contributed by atoms with Gasteiger partial charge in [0.2, 0.25) is 0 Å². The summed E-state index contributed by atoms with van der Waals surface area (Å²) >= 11 is 0. The van der Waals surface area contributed by atoms with Crippen molar-refractivity contribution in [3.05, 3.63) is 41.0 Å². The molecule has 3 heteroatoms. The quantitative estimate of drug-likeness (QED) is 0.907. The first kappa shape index (κ1) is 12.2. The largest absolute Gasteiger partial charge is 0.366 e. The van der Waals surface area contributed by atoms with Gasteiger partial charge in [-0.25, -0.2) is 0 Å². The number of nitrogens with one attached hydrogen (secondary N) is 1. The zero-order valence-corrected chi connectivity index (χ0v) is 11.7. The maximum absolute atomic E-state index is 4.35. The second-order valence-corrected chi connectivity index (χ2v) is 5.40. The standard InChI is InChI=1S/C16H19N3/c1-10-4-7-14(12(3)11(10)2)15-8-9-16(19-18-15)17-13-5-6-13/h4,7-9,13H,5-6H2,1-3H3,(H,17,19). The number of hydrogen-bond donors (Lipinski definition) is 1. The topological polar surface area (TPSA) is 37.8 Å². The molecule has 0 bridgehead atoms. The average molecular weight is 253 g/mol. The van der Waals surface area contributed by atoms with Crippen molar-refractivity contribution >= 4 is 5.82 Å². The Labute approximate surface area is 114 Å². The first-order chi connectivity index (χ1) is 9.15. The van der Waals surface area contributed by atoms with Crippen molar-refractivity contribution in [3.8, 4) is 11.3 Å². The molecule has 1 aliphatic carbocycles. The zero-order valence-electron chi connectivity index (χ0n) is 11.7. The van der Waals surface area contributed by atoms with Gasteiger partial charge in [0.25, 0.3) is 0 Å². The van der Waals surface area contributed by atoms with E-state index in [4.69, 9.17) is 0 Å². The molecule has 1 saturated carbocycles. The van der Waals surface area contributed by atoms with Crippen molar-refractivity contribution in [3.63, 3.8) is 0 Å². The van der Waals surface area contributed by atoms with Crippen molar-refractivity contribution in [2.75, 3.05) is 5.32 Å². The van der Waals surface area contributed by atoms with Crippen LogP contribution < -0.4 is 5.32 Å². The molecular formula is C16H19N3. The first-order valence-corrected chi connectivity index (χ1v) is 6.82. The molecule has 3 nitrogen and oxygen atoms in total. The van der Waals surface area contributed by atoms with E-state index in [1.807, 2.05) is 6.07 Å². The van der Waals surface area contributed by atoms with Crippen LogP contribution in [0.2, 0.25) is 0 Å². The lowest BCUT2D eigenvalue weighted by Crippen LogP contribution is -2.04. The number of aromatic nitrogens is 2. The predicted molar refractivity (Wildman–Crippen MR) is 78.3 cm³/mol. The van der Waals surface area contributed by atoms with E-state index in [2.05, 4.69) is 54.5 Å². The minimum atomic E-state index is 0.614. The van der Waals surface area contributed by atoms with Gasteiger partial charge in [0, 0.05) is 11.6 Å². The Bertz CT molecular complexity index is 598. The highest BCUT2D eigenvalue weighted by molar-refractivity contribution is 5.66. The van der Waals surface area contributed by atoms with Crippen LogP contribution in [0, 0.1) is 20.8 Å². The molecule has 0 saturated heterocycles. The Hall–Kier alpha value is -1.90. The Morgan fingerprint density at radius 1 is 0.947 bits per heavy atom. The maximum atomic E-state index is 4.35. The monoisotopic (exact) mass is 253 g/mol. The minimum absolute atomic E-state index is 0.614. The molecule has 19 heavy (non-hydrogen) atoms. The second kappa shape index (κ2) is 4.65. The van der Waals surface area contributed by atoms with Gasteiger partial charge in [0.05, 0.1) is 5.69 Å². The van der Waals surface area contributed by atoms with E-state index in [0.717, 1.165) is 11.5 Å². The van der Waals surface area contributed by atoms with E-state index >= 15 is 0 Å². The fourth-order valence-corrected chi connectivity index (χ4v) is 2.22. The summed E-state index contributed by atoms with van der Waals surface area (Å²) in [5, 5.41) is 12.0. The van der Waals surface area contributed by atoms with Crippen molar-refractivity contribution in [1.82, 2.24) is 10.2 Å². The molecule has 1 fully saturated rings. The molecule has 1 aliphatic rings. The summed E-state index contributed by atoms with van der Waals surface area (Å²) in [7, 11) is 0. The third-order valence-corrected chi connectivity index (χ3v) is 3.93. The fraction of sp³-hybridized carbons (Fsp3) is 0.375. The fourth-order valence-electron chi connectivity index (χ4n) is 2.22. The van der Waals surface area contributed by atoms with Crippen molar-refractivity contribution in [2.45, 2.75) is 39.7 Å². The first-order valence-electron chi connectivity index (χ1n) is 6.82. The molecule has 1 aromatic heterocycles. The van der Waals surface area contributed by atoms with Gasteiger partial charge in [0.1, 0.15) is 5.82 Å². The van der Waals surface area contributed by atoms with Crippen LogP contribution in [0.25, 0.3) is 11.3 Å². The number of anilines is 1. The molecule has 0 spiro atoms. The van der Waals surface area contributed by atoms with Gasteiger partial charge in [-0.1, -0.05) is 12.1 Å². The number of nitrogens with zero attached hydrogens (tertiary/aromatic N) is 2. The smallest absolute Gasteiger partial charge is 0.148 e. The molecule has 0 aliphatic heterocycles. The van der Waals surface area contributed by atoms with Gasteiger partial charge in [-0.2, -0.15) is 0 Å². The Morgan fingerprint density at radius 2 is 1.74 bits per heavy atom. The van der Waals surface area contributed by atoms with E-state index in [9.17, 15) is 0 Å². The third kappa shape index (κ3) is 2.46. The van der Waals surface area contributed by atoms with Gasteiger partial charge in [-0.3, -0.25) is 0 Å². The molecule has 0 radical (unpaired) electrons. The summed E-state index contributed by atoms with van der Waals surface area (Å²) in [6.45, 7) is 6.45. The Kier molecular flexibility index (Phi) is 2.97. The summed E-state index contributed by atoms with van der Waals surface area (Å²) in [6.07, 6.45) is 2.50. The van der Waals surface area contributed by atoms with E-state index in [1.54, 1.807) is 0 Å². The summed E-state index contributed by atoms with van der Waals surface area (Å²) in [5.41, 5.74) is 6.06. The van der Waals surface area contributed by atoms with Gasteiger partial charge < -0.3 is 5.32 Å². The van der Waals surface area contributed by atoms with Crippen LogP contribution in [0.5, 0.6) is 0 Å². The van der Waals surface area contributed by atoms with Gasteiger partial charge in [-0.05, 0) is 62.4 Å². The summed E-state index contributed by atoms with van der Waals surface area (Å²) in [6, 6.07) is 8.97. The number of benzene rings is 1. The van der Waals surface area contributed by atoms with Crippen LogP contribution in [-0.2, 0) is 0 Å². The number of hydrogen-bond acceptors (Lipinski definition) is 3. The highest BCUT2D eigenvalue weighted by atomic mass is 15.2. The van der Waals surface area contributed by atoms with Crippen LogP contribution in [0.4, 0.5) is 5.82 Å². The lowest BCUT2D eigenvalue weighted by Gasteiger charge is -2.11. The van der Waals surface area contributed by atoms with E-state index in [-0.39, 0.29) is 0 Å². The van der Waals surface area contributed by atoms with Gasteiger partial charge in [-0.15, -0.1) is 10.2 Å². The van der Waals surface area contributed by atoms with Crippen molar-refractivity contribution in [1.29, 1.82) is 0 Å². The van der Waals surface area contributed by atoms with Crippen LogP contribution >= 0.6 is 0 Å². The third-order valence-electron chi connectivity index (χ3n) is 3.93. The Balaban J connectivity index is 1.91. The van der Waals surface area contributed by atoms with Crippen molar-refractivity contribution in [2.24, 2.45) is 0 Å². The van der Waals surface area contributed by atoms with Crippen LogP contribution in [0.3, 0.4) is 0 Å². The zero-order chi connectivity index (χ0) is 13.4. The summed E-state index contributed by atoms with van der Waals surface area (Å²) < 4.78 is 0. The van der Waals surface area contributed by atoms with Crippen LogP contribution in [-0.4, -0.2) is 16.2 Å². The lowest BCUT2D eigenvalue weighted by atomic mass is 9.97. The maximum Gasteiger partial charge on any atom is 0.148 e. The van der Waals surface area contributed by atoms with Gasteiger partial charge >= 0.3 is 0 Å².